The highest BCUT2D eigenvalue weighted by Gasteiger charge is 1.91. The van der Waals surface area contributed by atoms with Crippen molar-refractivity contribution in [2.75, 3.05) is 18.6 Å². The van der Waals surface area contributed by atoms with E-state index in [9.17, 15) is 0 Å². The fourth-order valence-electron chi connectivity index (χ4n) is 0.782. The van der Waals surface area contributed by atoms with Gasteiger partial charge in [-0.2, -0.15) is 0 Å². The third-order valence-corrected chi connectivity index (χ3v) is 1.77. The lowest BCUT2D eigenvalue weighted by atomic mass is 10.3. The predicted molar refractivity (Wildman–Crippen MR) is 61.4 cm³/mol. The summed E-state index contributed by atoms with van der Waals surface area (Å²) < 4.78 is 4.83. The summed E-state index contributed by atoms with van der Waals surface area (Å²) in [5.41, 5.74) is 3.21. The largest absolute Gasteiger partial charge is 0.382 e. The van der Waals surface area contributed by atoms with Crippen LogP contribution in [-0.2, 0) is 4.74 Å². The maximum Gasteiger partial charge on any atom is 0.0671 e. The van der Waals surface area contributed by atoms with Crippen LogP contribution in [0.4, 0.5) is 5.69 Å². The van der Waals surface area contributed by atoms with Crippen LogP contribution in [0.5, 0.6) is 0 Å². The number of hydrazine groups is 1. The van der Waals surface area contributed by atoms with E-state index in [-0.39, 0.29) is 0 Å². The summed E-state index contributed by atoms with van der Waals surface area (Å²) in [6.07, 6.45) is 0. The second-order valence-corrected chi connectivity index (χ2v) is 2.81. The van der Waals surface area contributed by atoms with Gasteiger partial charge in [-0.3, -0.25) is 5.84 Å². The molecule has 0 saturated carbocycles. The molecule has 0 aliphatic rings. The number of hydrogen-bond acceptors (Lipinski definition) is 3. The van der Waals surface area contributed by atoms with Crippen molar-refractivity contribution in [3.05, 3.63) is 29.3 Å². The Hall–Kier alpha value is -0.770. The molecule has 80 valence electrons. The monoisotopic (exact) mass is 216 g/mol. The van der Waals surface area contributed by atoms with Gasteiger partial charge < -0.3 is 10.2 Å². The van der Waals surface area contributed by atoms with E-state index >= 15 is 0 Å². The molecule has 0 amide bonds. The van der Waals surface area contributed by atoms with Gasteiger partial charge >= 0.3 is 0 Å². The molecule has 0 radical (unpaired) electrons. The Morgan fingerprint density at radius 1 is 1.29 bits per heavy atom. The first-order chi connectivity index (χ1) is 6.76. The molecule has 0 heterocycles. The van der Waals surface area contributed by atoms with Crippen LogP contribution in [-0.4, -0.2) is 13.2 Å². The summed E-state index contributed by atoms with van der Waals surface area (Å²) >= 11 is 5.68. The van der Waals surface area contributed by atoms with E-state index in [4.69, 9.17) is 22.2 Å². The second kappa shape index (κ2) is 8.81. The first-order valence-corrected chi connectivity index (χ1v) is 4.92. The summed E-state index contributed by atoms with van der Waals surface area (Å²) in [4.78, 5) is 0. The zero-order valence-electron chi connectivity index (χ0n) is 8.59. The smallest absolute Gasteiger partial charge is 0.0671 e. The summed E-state index contributed by atoms with van der Waals surface area (Å²) in [6.45, 7) is 5.67. The molecular formula is C10H17ClN2O. The minimum absolute atomic E-state index is 0.639. The van der Waals surface area contributed by atoms with E-state index in [1.165, 1.54) is 0 Å². The third kappa shape index (κ3) is 5.80. The number of ether oxygens (including phenoxy) is 1. The molecule has 0 spiro atoms. The van der Waals surface area contributed by atoms with Crippen molar-refractivity contribution < 1.29 is 4.74 Å². The Bertz CT molecular complexity index is 241. The molecule has 4 heteroatoms. The van der Waals surface area contributed by atoms with Gasteiger partial charge in [-0.15, -0.1) is 0 Å². The molecule has 14 heavy (non-hydrogen) atoms. The molecule has 1 aromatic carbocycles. The van der Waals surface area contributed by atoms with Crippen LogP contribution in [0, 0.1) is 0 Å². The average Bonchev–Trinajstić information content (AvgIpc) is 2.21. The molecule has 0 atom stereocenters. The number of nitrogens with one attached hydrogen (secondary N) is 1. The molecule has 0 aliphatic carbocycles. The Balaban J connectivity index is 0.000000292. The van der Waals surface area contributed by atoms with E-state index in [1.54, 1.807) is 6.07 Å². The topological polar surface area (TPSA) is 47.3 Å². The van der Waals surface area contributed by atoms with Crippen molar-refractivity contribution in [1.29, 1.82) is 0 Å². The minimum atomic E-state index is 0.639. The standard InChI is InChI=1S/C6H7ClN2.C4H10O/c7-5-3-1-2-4-6(5)9-8;1-3-5-4-2/h1-4,9H,8H2;3-4H2,1-2H3. The summed E-state index contributed by atoms with van der Waals surface area (Å²) in [6, 6.07) is 7.29. The molecule has 0 aromatic heterocycles. The summed E-state index contributed by atoms with van der Waals surface area (Å²) in [7, 11) is 0. The second-order valence-electron chi connectivity index (χ2n) is 2.41. The van der Waals surface area contributed by atoms with Crippen molar-refractivity contribution in [2.45, 2.75) is 13.8 Å². The van der Waals surface area contributed by atoms with Gasteiger partial charge in [0, 0.05) is 13.2 Å². The van der Waals surface area contributed by atoms with Crippen molar-refractivity contribution in [2.24, 2.45) is 5.84 Å². The van der Waals surface area contributed by atoms with E-state index in [0.717, 1.165) is 18.9 Å². The summed E-state index contributed by atoms with van der Waals surface area (Å²) in [5.74, 6) is 5.12. The quantitative estimate of drug-likeness (QED) is 0.603. The SMILES string of the molecule is CCOCC.NNc1ccccc1Cl. The number of benzene rings is 1. The molecule has 1 rings (SSSR count). The van der Waals surface area contributed by atoms with Crippen LogP contribution in [0.25, 0.3) is 0 Å². The van der Waals surface area contributed by atoms with E-state index in [0.29, 0.717) is 5.02 Å². The van der Waals surface area contributed by atoms with Gasteiger partial charge in [-0.25, -0.2) is 0 Å². The number of para-hydroxylation sites is 1. The lowest BCUT2D eigenvalue weighted by molar-refractivity contribution is 0.162. The number of halogens is 1. The Kier molecular flexibility index (Phi) is 8.33. The lowest BCUT2D eigenvalue weighted by Gasteiger charge is -1.99. The van der Waals surface area contributed by atoms with Gasteiger partial charge in [0.1, 0.15) is 0 Å². The number of anilines is 1. The van der Waals surface area contributed by atoms with Crippen LogP contribution in [0.3, 0.4) is 0 Å². The lowest BCUT2D eigenvalue weighted by Crippen LogP contribution is -2.06. The summed E-state index contributed by atoms with van der Waals surface area (Å²) in [5, 5.41) is 0.639. The maximum absolute atomic E-state index is 5.68. The van der Waals surface area contributed by atoms with Gasteiger partial charge in [-0.05, 0) is 26.0 Å². The predicted octanol–water partition coefficient (Wildman–Crippen LogP) is 2.67. The molecule has 3 nitrogen and oxygen atoms in total. The third-order valence-electron chi connectivity index (χ3n) is 1.44. The van der Waals surface area contributed by atoms with Gasteiger partial charge in [-0.1, -0.05) is 23.7 Å². The zero-order chi connectivity index (χ0) is 10.8. The van der Waals surface area contributed by atoms with Crippen molar-refractivity contribution in [1.82, 2.24) is 0 Å². The number of hydrogen-bond donors (Lipinski definition) is 2. The normalized spacial score (nSPS) is 8.86. The van der Waals surface area contributed by atoms with Gasteiger partial charge in [0.2, 0.25) is 0 Å². The molecule has 0 unspecified atom stereocenters. The first kappa shape index (κ1) is 13.2. The van der Waals surface area contributed by atoms with Crippen molar-refractivity contribution in [3.63, 3.8) is 0 Å². The van der Waals surface area contributed by atoms with Crippen LogP contribution in [0.2, 0.25) is 5.02 Å². The van der Waals surface area contributed by atoms with Crippen LogP contribution in [0.1, 0.15) is 13.8 Å². The van der Waals surface area contributed by atoms with Gasteiger partial charge in [0.05, 0.1) is 10.7 Å². The maximum atomic E-state index is 5.68. The Morgan fingerprint density at radius 3 is 2.14 bits per heavy atom. The highest BCUT2D eigenvalue weighted by molar-refractivity contribution is 6.33. The molecule has 0 aliphatic heterocycles. The van der Waals surface area contributed by atoms with Crippen molar-refractivity contribution >= 4 is 17.3 Å². The first-order valence-electron chi connectivity index (χ1n) is 4.55. The molecular weight excluding hydrogens is 200 g/mol. The number of nitrogen functional groups attached to an aromatic ring is 1. The molecule has 0 fully saturated rings. The Morgan fingerprint density at radius 2 is 1.86 bits per heavy atom. The van der Waals surface area contributed by atoms with Gasteiger partial charge in [0.25, 0.3) is 0 Å². The molecule has 3 N–H and O–H groups in total. The van der Waals surface area contributed by atoms with E-state index in [1.807, 2.05) is 32.0 Å². The van der Waals surface area contributed by atoms with Crippen LogP contribution < -0.4 is 11.3 Å². The molecule has 0 saturated heterocycles. The molecule has 0 bridgehead atoms. The highest BCUT2D eigenvalue weighted by atomic mass is 35.5. The fourth-order valence-corrected chi connectivity index (χ4v) is 0.973. The fraction of sp³-hybridized carbons (Fsp3) is 0.400. The highest BCUT2D eigenvalue weighted by Crippen LogP contribution is 2.18. The number of rotatable bonds is 3. The van der Waals surface area contributed by atoms with Gasteiger partial charge in [0.15, 0.2) is 0 Å². The van der Waals surface area contributed by atoms with E-state index < -0.39 is 0 Å². The zero-order valence-corrected chi connectivity index (χ0v) is 9.34. The molecule has 1 aromatic rings. The number of nitrogens with two attached hydrogens (primary N) is 1. The van der Waals surface area contributed by atoms with Crippen LogP contribution in [0.15, 0.2) is 24.3 Å². The average molecular weight is 217 g/mol. The van der Waals surface area contributed by atoms with Crippen LogP contribution >= 0.6 is 11.6 Å². The van der Waals surface area contributed by atoms with E-state index in [2.05, 4.69) is 5.43 Å². The van der Waals surface area contributed by atoms with Crippen molar-refractivity contribution in [3.8, 4) is 0 Å². The Labute approximate surface area is 90.2 Å². The minimum Gasteiger partial charge on any atom is -0.382 e.